The third-order valence-corrected chi connectivity index (χ3v) is 13.5. The van der Waals surface area contributed by atoms with Gasteiger partial charge < -0.3 is 18.6 Å². The lowest BCUT2D eigenvalue weighted by atomic mass is 9.84. The van der Waals surface area contributed by atoms with Crippen LogP contribution in [0.3, 0.4) is 0 Å². The fourth-order valence-electron chi connectivity index (χ4n) is 10.9. The Balaban J connectivity index is 1.09. The molecule has 0 atom stereocenters. The first kappa shape index (κ1) is 40.2. The molecule has 0 unspecified atom stereocenters. The number of hydrogen-bond donors (Lipinski definition) is 0. The Hall–Kier alpha value is -7.30. The second kappa shape index (κ2) is 15.1. The number of anilines is 5. The van der Waals surface area contributed by atoms with Crippen LogP contribution in [0.2, 0.25) is 0 Å². The summed E-state index contributed by atoms with van der Waals surface area (Å²) in [6.45, 7) is 13.9. The number of para-hydroxylation sites is 4. The van der Waals surface area contributed by atoms with Crippen LogP contribution in [0.25, 0.3) is 76.2 Å². The van der Waals surface area contributed by atoms with Gasteiger partial charge in [0.05, 0.1) is 22.7 Å². The minimum Gasteiger partial charge on any atom is -0.454 e. The van der Waals surface area contributed by atoms with E-state index in [2.05, 4.69) is 221 Å². The summed E-state index contributed by atoms with van der Waals surface area (Å²) in [5.41, 5.74) is 13.5. The highest BCUT2D eigenvalue weighted by molar-refractivity contribution is 6.28. The van der Waals surface area contributed by atoms with E-state index in [0.717, 1.165) is 98.0 Å². The van der Waals surface area contributed by atoms with Gasteiger partial charge in [0.1, 0.15) is 11.2 Å². The van der Waals surface area contributed by atoms with Crippen molar-refractivity contribution in [1.29, 1.82) is 0 Å². The first-order chi connectivity index (χ1) is 32.0. The molecule has 1 aliphatic carbocycles. The van der Waals surface area contributed by atoms with Gasteiger partial charge in [-0.15, -0.1) is 0 Å². The lowest BCUT2D eigenvalue weighted by Gasteiger charge is -2.32. The summed E-state index contributed by atoms with van der Waals surface area (Å²) in [6.07, 6.45) is 8.79. The second-order valence-electron chi connectivity index (χ2n) is 20.9. The third kappa shape index (κ3) is 6.81. The molecule has 0 bridgehead atoms. The molecular weight excluding hydrogens is 805 g/mol. The minimum absolute atomic E-state index is 0.180. The van der Waals surface area contributed by atoms with E-state index in [-0.39, 0.29) is 10.8 Å². The van der Waals surface area contributed by atoms with Crippen LogP contribution in [0.5, 0.6) is 0 Å². The van der Waals surface area contributed by atoms with Gasteiger partial charge in [0.2, 0.25) is 0 Å². The van der Waals surface area contributed by atoms with Crippen LogP contribution >= 0.6 is 0 Å². The molecule has 4 heteroatoms. The molecule has 0 spiro atoms. The normalized spacial score (nSPS) is 13.8. The van der Waals surface area contributed by atoms with Gasteiger partial charge in [-0.05, 0) is 118 Å². The van der Waals surface area contributed by atoms with Crippen molar-refractivity contribution in [2.75, 3.05) is 9.80 Å². The van der Waals surface area contributed by atoms with E-state index in [4.69, 9.17) is 8.83 Å². The molecule has 0 saturated heterocycles. The van der Waals surface area contributed by atoms with Crippen molar-refractivity contribution in [1.82, 2.24) is 0 Å². The molecule has 0 saturated carbocycles. The summed E-state index contributed by atoms with van der Waals surface area (Å²) in [5.74, 6) is 0. The lowest BCUT2D eigenvalue weighted by molar-refractivity contribution is 0.403. The Labute approximate surface area is 386 Å². The highest BCUT2D eigenvalue weighted by Crippen LogP contribution is 2.50. The maximum atomic E-state index is 6.80. The molecule has 0 radical (unpaired) electrons. The molecule has 0 amide bonds. The quantitative estimate of drug-likeness (QED) is 0.143. The molecule has 324 valence electrons. The average Bonchev–Trinajstić information content (AvgIpc) is 3.89. The molecule has 1 aliphatic rings. The summed E-state index contributed by atoms with van der Waals surface area (Å²) in [6, 6.07) is 57.7. The van der Waals surface area contributed by atoms with E-state index in [1.54, 1.807) is 0 Å². The Morgan fingerprint density at radius 3 is 1.44 bits per heavy atom. The fourth-order valence-corrected chi connectivity index (χ4v) is 10.9. The molecule has 11 aromatic rings. The standard InChI is InChI=1S/C62H54N2O2/c1-61(2,3)37-39-21-29-43(30-22-39)63(53-17-11-15-47-45-13-7-9-19-55(45)65-59(47)53)51-35-27-41-26-34-50-52(36-28-42-25-33-49(51)57(41)58(42)50)64(44-31-23-40(24-32-44)38-62(4,5)6)54-18-12-16-48-46-14-8-10-20-56(46)66-60(48)54/h7-23,25-31,33-36H,24,32,37-38H2,1-6H3. The van der Waals surface area contributed by atoms with Crippen LogP contribution in [-0.4, -0.2) is 0 Å². The van der Waals surface area contributed by atoms with Crippen LogP contribution in [0, 0.1) is 10.8 Å². The van der Waals surface area contributed by atoms with Crippen molar-refractivity contribution in [2.45, 2.75) is 67.2 Å². The van der Waals surface area contributed by atoms with Crippen molar-refractivity contribution in [2.24, 2.45) is 10.8 Å². The van der Waals surface area contributed by atoms with Crippen LogP contribution in [0.15, 0.2) is 190 Å². The van der Waals surface area contributed by atoms with E-state index in [9.17, 15) is 0 Å². The Morgan fingerprint density at radius 2 is 0.909 bits per heavy atom. The molecule has 2 heterocycles. The molecule has 4 nitrogen and oxygen atoms in total. The van der Waals surface area contributed by atoms with Gasteiger partial charge in [-0.2, -0.15) is 0 Å². The number of benzene rings is 9. The van der Waals surface area contributed by atoms with Crippen LogP contribution in [-0.2, 0) is 6.42 Å². The molecule has 66 heavy (non-hydrogen) atoms. The highest BCUT2D eigenvalue weighted by Gasteiger charge is 2.27. The highest BCUT2D eigenvalue weighted by atomic mass is 16.3. The monoisotopic (exact) mass is 858 g/mol. The Bertz CT molecular complexity index is 3730. The number of allylic oxidation sites excluding steroid dienone is 4. The third-order valence-electron chi connectivity index (χ3n) is 13.5. The van der Waals surface area contributed by atoms with E-state index < -0.39 is 0 Å². The van der Waals surface area contributed by atoms with Gasteiger partial charge in [0.25, 0.3) is 0 Å². The minimum atomic E-state index is 0.180. The predicted octanol–water partition coefficient (Wildman–Crippen LogP) is 18.6. The summed E-state index contributed by atoms with van der Waals surface area (Å²) in [4.78, 5) is 4.91. The Kier molecular flexibility index (Phi) is 9.23. The lowest BCUT2D eigenvalue weighted by Crippen LogP contribution is -2.19. The first-order valence-corrected chi connectivity index (χ1v) is 23.5. The smallest absolute Gasteiger partial charge is 0.159 e. The summed E-state index contributed by atoms with van der Waals surface area (Å²) >= 11 is 0. The molecule has 2 aromatic heterocycles. The van der Waals surface area contributed by atoms with Crippen LogP contribution in [0.4, 0.5) is 28.4 Å². The van der Waals surface area contributed by atoms with Crippen molar-refractivity contribution in [3.8, 4) is 0 Å². The average molecular weight is 859 g/mol. The number of furan rings is 2. The van der Waals surface area contributed by atoms with Crippen molar-refractivity contribution < 1.29 is 8.83 Å². The second-order valence-corrected chi connectivity index (χ2v) is 20.9. The molecule has 9 aromatic carbocycles. The van der Waals surface area contributed by atoms with E-state index >= 15 is 0 Å². The predicted molar refractivity (Wildman–Crippen MR) is 281 cm³/mol. The SMILES string of the molecule is CC(C)(C)CC1=CC=C(N(c2ccc3ccc4c(N(c5ccc(CC(C)(C)C)cc5)c5cccc6c5oc5ccccc56)ccc5ccc2c3c54)c2cccc3c2oc2ccccc23)CC1. The Morgan fingerprint density at radius 1 is 0.409 bits per heavy atom. The zero-order chi connectivity index (χ0) is 44.9. The molecular formula is C62H54N2O2. The topological polar surface area (TPSA) is 32.8 Å². The van der Waals surface area contributed by atoms with Crippen LogP contribution in [0.1, 0.15) is 66.4 Å². The maximum absolute atomic E-state index is 6.80. The molecule has 0 N–H and O–H groups in total. The summed E-state index contributed by atoms with van der Waals surface area (Å²) in [7, 11) is 0. The number of fused-ring (bicyclic) bond motifs is 6. The van der Waals surface area contributed by atoms with Gasteiger partial charge in [0, 0.05) is 43.7 Å². The van der Waals surface area contributed by atoms with E-state index in [0.29, 0.717) is 0 Å². The first-order valence-electron chi connectivity index (χ1n) is 23.5. The molecule has 12 rings (SSSR count). The van der Waals surface area contributed by atoms with Gasteiger partial charge in [-0.1, -0.05) is 162 Å². The number of hydrogen-bond acceptors (Lipinski definition) is 4. The maximum Gasteiger partial charge on any atom is 0.159 e. The molecule has 0 aliphatic heterocycles. The number of rotatable bonds is 8. The van der Waals surface area contributed by atoms with Crippen molar-refractivity contribution >= 4 is 105 Å². The van der Waals surface area contributed by atoms with Crippen molar-refractivity contribution in [3.63, 3.8) is 0 Å². The zero-order valence-corrected chi connectivity index (χ0v) is 38.7. The summed E-state index contributed by atoms with van der Waals surface area (Å²) in [5, 5.41) is 11.8. The van der Waals surface area contributed by atoms with Gasteiger partial charge in [-0.25, -0.2) is 0 Å². The van der Waals surface area contributed by atoms with E-state index in [1.807, 2.05) is 0 Å². The van der Waals surface area contributed by atoms with Gasteiger partial charge in [0.15, 0.2) is 11.2 Å². The van der Waals surface area contributed by atoms with Crippen LogP contribution < -0.4 is 9.80 Å². The largest absolute Gasteiger partial charge is 0.454 e. The molecule has 0 fully saturated rings. The number of nitrogens with zero attached hydrogens (tertiary/aromatic N) is 2. The van der Waals surface area contributed by atoms with Crippen molar-refractivity contribution in [3.05, 3.63) is 187 Å². The zero-order valence-electron chi connectivity index (χ0n) is 38.7. The van der Waals surface area contributed by atoms with Gasteiger partial charge >= 0.3 is 0 Å². The summed E-state index contributed by atoms with van der Waals surface area (Å²) < 4.78 is 13.6. The fraction of sp³-hybridized carbons (Fsp3) is 0.194. The van der Waals surface area contributed by atoms with E-state index in [1.165, 1.54) is 49.2 Å². The van der Waals surface area contributed by atoms with Gasteiger partial charge in [-0.3, -0.25) is 0 Å².